The lowest BCUT2D eigenvalue weighted by molar-refractivity contribution is -0.128. The van der Waals surface area contributed by atoms with Gasteiger partial charge in [-0.3, -0.25) is 14.2 Å². The number of hydrogen-bond donors (Lipinski definition) is 1. The molecule has 1 amide bonds. The summed E-state index contributed by atoms with van der Waals surface area (Å²) in [6.07, 6.45) is 1.93. The van der Waals surface area contributed by atoms with Crippen LogP contribution in [0.5, 0.6) is 5.75 Å². The van der Waals surface area contributed by atoms with Crippen LogP contribution in [0.4, 0.5) is 0 Å². The van der Waals surface area contributed by atoms with Crippen LogP contribution < -0.4 is 21.3 Å². The van der Waals surface area contributed by atoms with E-state index in [0.717, 1.165) is 10.3 Å². The lowest BCUT2D eigenvalue weighted by Gasteiger charge is -2.17. The normalized spacial score (nSPS) is 16.7. The third-order valence-corrected chi connectivity index (χ3v) is 4.69. The highest BCUT2D eigenvalue weighted by Crippen LogP contribution is 2.12. The Labute approximate surface area is 157 Å². The first-order valence-electron chi connectivity index (χ1n) is 8.90. The second-order valence-corrected chi connectivity index (χ2v) is 6.70. The summed E-state index contributed by atoms with van der Waals surface area (Å²) in [7, 11) is 3.07. The van der Waals surface area contributed by atoms with Crippen LogP contribution in [0.2, 0.25) is 0 Å². The van der Waals surface area contributed by atoms with Gasteiger partial charge in [0.2, 0.25) is 5.91 Å². The Bertz CT molecular complexity index is 920. The van der Waals surface area contributed by atoms with Gasteiger partial charge in [-0.1, -0.05) is 18.2 Å². The molecule has 1 atom stereocenters. The van der Waals surface area contributed by atoms with E-state index in [1.165, 1.54) is 11.6 Å². The smallest absolute Gasteiger partial charge is 0.330 e. The number of ether oxygens (including phenoxy) is 1. The molecule has 0 saturated carbocycles. The quantitative estimate of drug-likeness (QED) is 0.731. The summed E-state index contributed by atoms with van der Waals surface area (Å²) in [5.41, 5.74) is -0.176. The minimum absolute atomic E-state index is 0.0313. The van der Waals surface area contributed by atoms with E-state index in [0.29, 0.717) is 38.2 Å². The lowest BCUT2D eigenvalue weighted by Crippen LogP contribution is -2.41. The van der Waals surface area contributed by atoms with Gasteiger partial charge in [0.1, 0.15) is 12.4 Å². The lowest BCUT2D eigenvalue weighted by atomic mass is 10.2. The minimum atomic E-state index is -0.357. The van der Waals surface area contributed by atoms with Gasteiger partial charge in [0, 0.05) is 51.4 Å². The molecule has 144 valence electrons. The van der Waals surface area contributed by atoms with E-state index in [-0.39, 0.29) is 23.2 Å². The number of rotatable bonds is 7. The largest absolute Gasteiger partial charge is 0.492 e. The number of nitrogens with zero attached hydrogens (tertiary/aromatic N) is 3. The van der Waals surface area contributed by atoms with Crippen LogP contribution in [0, 0.1) is 0 Å². The predicted octanol–water partition coefficient (Wildman–Crippen LogP) is -0.146. The summed E-state index contributed by atoms with van der Waals surface area (Å²) in [6, 6.07) is 9.45. The molecule has 8 heteroatoms. The number of nitrogens with one attached hydrogen (secondary N) is 1. The molecule has 1 aromatic heterocycles. The van der Waals surface area contributed by atoms with Gasteiger partial charge in [-0.15, -0.1) is 0 Å². The molecular weight excluding hydrogens is 348 g/mol. The van der Waals surface area contributed by atoms with Gasteiger partial charge in [0.15, 0.2) is 0 Å². The maximum atomic E-state index is 12.2. The highest BCUT2D eigenvalue weighted by Gasteiger charge is 2.29. The van der Waals surface area contributed by atoms with Crippen molar-refractivity contribution in [3.05, 3.63) is 62.9 Å². The monoisotopic (exact) mass is 372 g/mol. The van der Waals surface area contributed by atoms with Crippen molar-refractivity contribution < 1.29 is 9.53 Å². The van der Waals surface area contributed by atoms with Crippen LogP contribution in [0.15, 0.2) is 46.1 Å². The van der Waals surface area contributed by atoms with Gasteiger partial charge in [-0.25, -0.2) is 4.79 Å². The number of para-hydroxylation sites is 1. The first kappa shape index (κ1) is 18.9. The molecular formula is C19H24N4O4. The van der Waals surface area contributed by atoms with E-state index < -0.39 is 0 Å². The molecule has 2 aromatic rings. The van der Waals surface area contributed by atoms with E-state index in [4.69, 9.17) is 4.74 Å². The summed E-state index contributed by atoms with van der Waals surface area (Å²) in [5, 5.41) is 3.25. The molecule has 8 nitrogen and oxygen atoms in total. The van der Waals surface area contributed by atoms with Crippen LogP contribution in [-0.4, -0.2) is 45.7 Å². The number of carbonyl (C=O) groups is 1. The van der Waals surface area contributed by atoms with Gasteiger partial charge in [0.25, 0.3) is 5.56 Å². The number of carbonyl (C=O) groups excluding carboxylic acids is 1. The summed E-state index contributed by atoms with van der Waals surface area (Å²) in [6.45, 7) is 1.84. The van der Waals surface area contributed by atoms with E-state index >= 15 is 0 Å². The highest BCUT2D eigenvalue weighted by atomic mass is 16.5. The molecule has 1 aliphatic heterocycles. The fourth-order valence-corrected chi connectivity index (χ4v) is 3.17. The predicted molar refractivity (Wildman–Crippen MR) is 101 cm³/mol. The number of amides is 1. The first-order chi connectivity index (χ1) is 13.0. The van der Waals surface area contributed by atoms with Crippen molar-refractivity contribution in [1.82, 2.24) is 19.4 Å². The standard InChI is InChI=1S/C19H24N4O4/c1-21-12-14(18(25)22(2)19(21)26)11-20-15-10-17(24)23(13-15)8-9-27-16-6-4-3-5-7-16/h3-7,12,15,20H,8-11,13H2,1-2H3. The molecule has 1 aromatic carbocycles. The molecule has 2 heterocycles. The molecule has 1 aliphatic rings. The van der Waals surface area contributed by atoms with Gasteiger partial charge in [-0.2, -0.15) is 0 Å². The Morgan fingerprint density at radius 3 is 2.63 bits per heavy atom. The Hall–Kier alpha value is -2.87. The fourth-order valence-electron chi connectivity index (χ4n) is 3.17. The number of hydrogen-bond acceptors (Lipinski definition) is 5. The van der Waals surface area contributed by atoms with Crippen molar-refractivity contribution >= 4 is 5.91 Å². The Kier molecular flexibility index (Phi) is 5.75. The van der Waals surface area contributed by atoms with Crippen molar-refractivity contribution in [3.8, 4) is 5.75 Å². The second-order valence-electron chi connectivity index (χ2n) is 6.70. The van der Waals surface area contributed by atoms with Crippen molar-refractivity contribution in [2.75, 3.05) is 19.7 Å². The van der Waals surface area contributed by atoms with Crippen molar-refractivity contribution in [3.63, 3.8) is 0 Å². The number of aromatic nitrogens is 2. The van der Waals surface area contributed by atoms with Gasteiger partial charge >= 0.3 is 5.69 Å². The maximum Gasteiger partial charge on any atom is 0.330 e. The zero-order chi connectivity index (χ0) is 19.4. The summed E-state index contributed by atoms with van der Waals surface area (Å²) in [4.78, 5) is 37.8. The highest BCUT2D eigenvalue weighted by molar-refractivity contribution is 5.79. The van der Waals surface area contributed by atoms with E-state index in [9.17, 15) is 14.4 Å². The van der Waals surface area contributed by atoms with Crippen LogP contribution >= 0.6 is 0 Å². The molecule has 1 fully saturated rings. The van der Waals surface area contributed by atoms with E-state index in [2.05, 4.69) is 5.32 Å². The van der Waals surface area contributed by atoms with Crippen LogP contribution in [0.3, 0.4) is 0 Å². The Morgan fingerprint density at radius 2 is 1.89 bits per heavy atom. The van der Waals surface area contributed by atoms with Gasteiger partial charge < -0.3 is 19.5 Å². The molecule has 0 aliphatic carbocycles. The molecule has 1 N–H and O–H groups in total. The number of likely N-dealkylation sites (tertiary alicyclic amines) is 1. The summed E-state index contributed by atoms with van der Waals surface area (Å²) < 4.78 is 8.11. The SMILES string of the molecule is Cn1cc(CNC2CC(=O)N(CCOc3ccccc3)C2)c(=O)n(C)c1=O. The number of benzene rings is 1. The Balaban J connectivity index is 1.51. The minimum Gasteiger partial charge on any atom is -0.492 e. The molecule has 0 radical (unpaired) electrons. The van der Waals surface area contributed by atoms with Crippen molar-refractivity contribution in [1.29, 1.82) is 0 Å². The maximum absolute atomic E-state index is 12.2. The topological polar surface area (TPSA) is 85.6 Å². The van der Waals surface area contributed by atoms with Crippen LogP contribution in [0.25, 0.3) is 0 Å². The average molecular weight is 372 g/mol. The second kappa shape index (κ2) is 8.22. The zero-order valence-corrected chi connectivity index (χ0v) is 15.6. The molecule has 0 bridgehead atoms. The zero-order valence-electron chi connectivity index (χ0n) is 15.6. The molecule has 3 rings (SSSR count). The summed E-state index contributed by atoms with van der Waals surface area (Å²) >= 11 is 0. The first-order valence-corrected chi connectivity index (χ1v) is 8.90. The average Bonchev–Trinajstić information content (AvgIpc) is 3.02. The molecule has 1 unspecified atom stereocenters. The number of aryl methyl sites for hydroxylation is 1. The molecule has 27 heavy (non-hydrogen) atoms. The van der Waals surface area contributed by atoms with Gasteiger partial charge in [0.05, 0.1) is 6.54 Å². The van der Waals surface area contributed by atoms with Gasteiger partial charge in [-0.05, 0) is 12.1 Å². The fraction of sp³-hybridized carbons (Fsp3) is 0.421. The van der Waals surface area contributed by atoms with Crippen LogP contribution in [-0.2, 0) is 25.4 Å². The van der Waals surface area contributed by atoms with Crippen LogP contribution in [0.1, 0.15) is 12.0 Å². The summed E-state index contributed by atoms with van der Waals surface area (Å²) in [5.74, 6) is 0.849. The molecule has 1 saturated heterocycles. The third kappa shape index (κ3) is 4.46. The Morgan fingerprint density at radius 1 is 1.15 bits per heavy atom. The van der Waals surface area contributed by atoms with Crippen molar-refractivity contribution in [2.24, 2.45) is 14.1 Å². The molecule has 0 spiro atoms. The van der Waals surface area contributed by atoms with E-state index in [1.54, 1.807) is 18.1 Å². The third-order valence-electron chi connectivity index (χ3n) is 4.69. The van der Waals surface area contributed by atoms with E-state index in [1.807, 2.05) is 30.3 Å². The van der Waals surface area contributed by atoms with Crippen molar-refractivity contribution in [2.45, 2.75) is 19.0 Å².